The molecule has 1 aromatic rings. The van der Waals surface area contributed by atoms with Crippen molar-refractivity contribution in [3.8, 4) is 5.75 Å². The number of carbonyl (C=O) groups excluding carboxylic acids is 1. The van der Waals surface area contributed by atoms with E-state index in [1.165, 1.54) is 25.3 Å². The van der Waals surface area contributed by atoms with E-state index in [2.05, 4.69) is 21.2 Å². The molecule has 0 heterocycles. The van der Waals surface area contributed by atoms with Crippen molar-refractivity contribution in [3.05, 3.63) is 23.8 Å². The molecular weight excluding hydrogens is 324 g/mol. The lowest BCUT2D eigenvalue weighted by atomic mass is 10.2. The Kier molecular flexibility index (Phi) is 5.12. The van der Waals surface area contributed by atoms with Crippen LogP contribution in [0.4, 0.5) is 0 Å². The van der Waals surface area contributed by atoms with Crippen LogP contribution < -0.4 is 15.2 Å². The van der Waals surface area contributed by atoms with E-state index < -0.39 is 15.9 Å². The van der Waals surface area contributed by atoms with Crippen molar-refractivity contribution >= 4 is 31.9 Å². The molecule has 0 aliphatic heterocycles. The van der Waals surface area contributed by atoms with E-state index in [1.807, 2.05) is 0 Å². The molecule has 18 heavy (non-hydrogen) atoms. The summed E-state index contributed by atoms with van der Waals surface area (Å²) >= 11 is 3.17. The number of nitrogens with two attached hydrogens (primary N) is 1. The van der Waals surface area contributed by atoms with Crippen LogP contribution in [0.25, 0.3) is 0 Å². The molecule has 1 rings (SSSR count). The number of nitrogens with one attached hydrogen (secondary N) is 1. The molecule has 0 saturated heterocycles. The molecule has 1 aromatic carbocycles. The van der Waals surface area contributed by atoms with Crippen LogP contribution in [0.5, 0.6) is 5.75 Å². The van der Waals surface area contributed by atoms with Crippen LogP contribution >= 0.6 is 15.9 Å². The number of primary sulfonamides is 1. The molecule has 0 radical (unpaired) electrons. The van der Waals surface area contributed by atoms with Crippen molar-refractivity contribution < 1.29 is 17.9 Å². The van der Waals surface area contributed by atoms with E-state index in [4.69, 9.17) is 9.88 Å². The number of carbonyl (C=O) groups is 1. The van der Waals surface area contributed by atoms with Crippen molar-refractivity contribution in [2.45, 2.75) is 4.90 Å². The lowest BCUT2D eigenvalue weighted by Gasteiger charge is -2.10. The van der Waals surface area contributed by atoms with Gasteiger partial charge in [-0.15, -0.1) is 0 Å². The molecule has 0 aliphatic carbocycles. The predicted molar refractivity (Wildman–Crippen MR) is 70.5 cm³/mol. The minimum atomic E-state index is -3.85. The van der Waals surface area contributed by atoms with E-state index in [0.29, 0.717) is 11.9 Å². The van der Waals surface area contributed by atoms with Gasteiger partial charge in [-0.2, -0.15) is 0 Å². The molecule has 0 atom stereocenters. The molecule has 0 spiro atoms. The van der Waals surface area contributed by atoms with Crippen molar-refractivity contribution in [2.75, 3.05) is 19.0 Å². The summed E-state index contributed by atoms with van der Waals surface area (Å²) in [5.41, 5.74) is 0.130. The van der Waals surface area contributed by atoms with Crippen molar-refractivity contribution in [1.82, 2.24) is 5.32 Å². The number of sulfonamides is 1. The summed E-state index contributed by atoms with van der Waals surface area (Å²) in [5.74, 6) is -0.133. The number of methoxy groups -OCH3 is 1. The molecule has 100 valence electrons. The standard InChI is InChI=1S/C10H13BrN2O4S/c1-17-9-3-2-7(18(12,15)16)6-8(9)10(14)13-5-4-11/h2-3,6H,4-5H2,1H3,(H,13,14)(H2,12,15,16). The quantitative estimate of drug-likeness (QED) is 0.763. The molecule has 1 amide bonds. The third kappa shape index (κ3) is 3.69. The van der Waals surface area contributed by atoms with E-state index >= 15 is 0 Å². The van der Waals surface area contributed by atoms with E-state index in [1.54, 1.807) is 0 Å². The third-order valence-electron chi connectivity index (χ3n) is 2.12. The van der Waals surface area contributed by atoms with Crippen LogP contribution in [0.3, 0.4) is 0 Å². The highest BCUT2D eigenvalue weighted by atomic mass is 79.9. The summed E-state index contributed by atoms with van der Waals surface area (Å²) in [6.45, 7) is 0.418. The second-order valence-corrected chi connectivity index (χ2v) is 5.71. The molecule has 0 saturated carbocycles. The summed E-state index contributed by atoms with van der Waals surface area (Å²) in [5, 5.41) is 8.20. The SMILES string of the molecule is COc1ccc(S(N)(=O)=O)cc1C(=O)NCCBr. The first-order chi connectivity index (χ1) is 8.40. The first-order valence-corrected chi connectivity index (χ1v) is 7.62. The van der Waals surface area contributed by atoms with Gasteiger partial charge in [-0.25, -0.2) is 13.6 Å². The Morgan fingerprint density at radius 1 is 1.50 bits per heavy atom. The first kappa shape index (κ1) is 14.9. The second-order valence-electron chi connectivity index (χ2n) is 3.35. The Bertz CT molecular complexity index is 545. The molecule has 0 bridgehead atoms. The number of hydrogen-bond acceptors (Lipinski definition) is 4. The second kappa shape index (κ2) is 6.17. The summed E-state index contributed by atoms with van der Waals surface area (Å²) < 4.78 is 27.4. The Labute approximate surface area is 114 Å². The molecule has 0 aromatic heterocycles. The van der Waals surface area contributed by atoms with Crippen LogP contribution in [0.2, 0.25) is 0 Å². The normalized spacial score (nSPS) is 11.1. The maximum atomic E-state index is 11.8. The summed E-state index contributed by atoms with van der Waals surface area (Å²) in [7, 11) is -2.45. The first-order valence-electron chi connectivity index (χ1n) is 4.95. The number of ether oxygens (including phenoxy) is 1. The van der Waals surface area contributed by atoms with E-state index in [0.717, 1.165) is 0 Å². The number of hydrogen-bond donors (Lipinski definition) is 2. The molecular formula is C10H13BrN2O4S. The van der Waals surface area contributed by atoms with E-state index in [9.17, 15) is 13.2 Å². The van der Waals surface area contributed by atoms with Gasteiger partial charge in [0.2, 0.25) is 10.0 Å². The Morgan fingerprint density at radius 3 is 2.67 bits per heavy atom. The number of halogens is 1. The number of benzene rings is 1. The van der Waals surface area contributed by atoms with Crippen molar-refractivity contribution in [2.24, 2.45) is 5.14 Å². The van der Waals surface area contributed by atoms with Gasteiger partial charge in [0.15, 0.2) is 0 Å². The predicted octanol–water partition coefficient (Wildman–Crippen LogP) is 0.467. The van der Waals surface area contributed by atoms with Crippen LogP contribution in [0.1, 0.15) is 10.4 Å². The highest BCUT2D eigenvalue weighted by molar-refractivity contribution is 9.09. The molecule has 0 unspecified atom stereocenters. The number of rotatable bonds is 5. The van der Waals surface area contributed by atoms with E-state index in [-0.39, 0.29) is 16.2 Å². The lowest BCUT2D eigenvalue weighted by molar-refractivity contribution is 0.0953. The Hall–Kier alpha value is -1.12. The smallest absolute Gasteiger partial charge is 0.255 e. The van der Waals surface area contributed by atoms with Gasteiger partial charge in [0, 0.05) is 11.9 Å². The molecule has 8 heteroatoms. The maximum absolute atomic E-state index is 11.8. The van der Waals surface area contributed by atoms with Crippen LogP contribution in [-0.4, -0.2) is 33.3 Å². The van der Waals surface area contributed by atoms with Crippen LogP contribution in [0.15, 0.2) is 23.1 Å². The van der Waals surface area contributed by atoms with Gasteiger partial charge in [0.1, 0.15) is 5.75 Å². The van der Waals surface area contributed by atoms with Gasteiger partial charge in [-0.3, -0.25) is 4.79 Å². The number of alkyl halides is 1. The molecule has 0 aliphatic rings. The number of amides is 1. The highest BCUT2D eigenvalue weighted by Gasteiger charge is 2.16. The largest absolute Gasteiger partial charge is 0.496 e. The zero-order valence-corrected chi connectivity index (χ0v) is 12.0. The maximum Gasteiger partial charge on any atom is 0.255 e. The average Bonchev–Trinajstić information content (AvgIpc) is 2.34. The third-order valence-corrected chi connectivity index (χ3v) is 3.43. The average molecular weight is 337 g/mol. The fourth-order valence-electron chi connectivity index (χ4n) is 1.30. The topological polar surface area (TPSA) is 98.5 Å². The zero-order chi connectivity index (χ0) is 13.8. The minimum absolute atomic E-state index is 0.130. The summed E-state index contributed by atoms with van der Waals surface area (Å²) in [4.78, 5) is 11.7. The summed E-state index contributed by atoms with van der Waals surface area (Å²) in [6.07, 6.45) is 0. The van der Waals surface area contributed by atoms with Crippen molar-refractivity contribution in [1.29, 1.82) is 0 Å². The fourth-order valence-corrected chi connectivity index (χ4v) is 2.04. The Morgan fingerprint density at radius 2 is 2.17 bits per heavy atom. The van der Waals surface area contributed by atoms with Gasteiger partial charge in [0.05, 0.1) is 17.6 Å². The summed E-state index contributed by atoms with van der Waals surface area (Å²) in [6, 6.07) is 3.87. The fraction of sp³-hybridized carbons (Fsp3) is 0.300. The Balaban J connectivity index is 3.18. The van der Waals surface area contributed by atoms with Gasteiger partial charge in [-0.1, -0.05) is 15.9 Å². The minimum Gasteiger partial charge on any atom is -0.496 e. The monoisotopic (exact) mass is 336 g/mol. The highest BCUT2D eigenvalue weighted by Crippen LogP contribution is 2.21. The zero-order valence-electron chi connectivity index (χ0n) is 9.64. The molecule has 3 N–H and O–H groups in total. The van der Waals surface area contributed by atoms with Crippen LogP contribution in [-0.2, 0) is 10.0 Å². The van der Waals surface area contributed by atoms with Crippen molar-refractivity contribution in [3.63, 3.8) is 0 Å². The van der Waals surface area contributed by atoms with Gasteiger partial charge < -0.3 is 10.1 Å². The van der Waals surface area contributed by atoms with Crippen LogP contribution in [0, 0.1) is 0 Å². The molecule has 0 fully saturated rings. The van der Waals surface area contributed by atoms with Gasteiger partial charge in [0.25, 0.3) is 5.91 Å². The van der Waals surface area contributed by atoms with Gasteiger partial charge >= 0.3 is 0 Å². The van der Waals surface area contributed by atoms with Gasteiger partial charge in [-0.05, 0) is 18.2 Å². The lowest BCUT2D eigenvalue weighted by Crippen LogP contribution is -2.26. The molecule has 6 nitrogen and oxygen atoms in total.